The van der Waals surface area contributed by atoms with Gasteiger partial charge in [0.25, 0.3) is 5.91 Å². The van der Waals surface area contributed by atoms with E-state index in [1.54, 1.807) is 6.20 Å². The van der Waals surface area contributed by atoms with E-state index >= 15 is 0 Å². The van der Waals surface area contributed by atoms with Gasteiger partial charge in [0.15, 0.2) is 0 Å². The standard InChI is InChI=1S/C22H22ClFN4O/c1-2-27-9-11-28(12-10-27)21-17-6-4-3-5-16(17)18(14-25-21)22(29)26-15-7-8-20(24)19(23)13-15/h3-8,13-14H,2,9-12H2,1H3,(H,26,29). The first kappa shape index (κ1) is 19.6. The number of hydrogen-bond donors (Lipinski definition) is 1. The van der Waals surface area contributed by atoms with Crippen LogP contribution in [-0.4, -0.2) is 48.5 Å². The largest absolute Gasteiger partial charge is 0.354 e. The van der Waals surface area contributed by atoms with Gasteiger partial charge in [-0.1, -0.05) is 42.8 Å². The smallest absolute Gasteiger partial charge is 0.257 e. The second-order valence-electron chi connectivity index (χ2n) is 7.05. The molecule has 4 rings (SSSR count). The van der Waals surface area contributed by atoms with Gasteiger partial charge in [0, 0.05) is 43.4 Å². The van der Waals surface area contributed by atoms with Gasteiger partial charge < -0.3 is 15.1 Å². The maximum Gasteiger partial charge on any atom is 0.257 e. The fourth-order valence-electron chi connectivity index (χ4n) is 3.66. The van der Waals surface area contributed by atoms with Crippen molar-refractivity contribution >= 4 is 39.8 Å². The third kappa shape index (κ3) is 4.04. The molecule has 0 atom stereocenters. The second kappa shape index (κ2) is 8.35. The number of carbonyl (C=O) groups excluding carboxylic acids is 1. The van der Waals surface area contributed by atoms with Crippen LogP contribution in [0.5, 0.6) is 0 Å². The van der Waals surface area contributed by atoms with Crippen molar-refractivity contribution in [2.24, 2.45) is 0 Å². The van der Waals surface area contributed by atoms with Crippen LogP contribution < -0.4 is 10.2 Å². The Kier molecular flexibility index (Phi) is 5.65. The Bertz CT molecular complexity index is 1050. The molecule has 150 valence electrons. The molecule has 1 aliphatic rings. The van der Waals surface area contributed by atoms with E-state index in [4.69, 9.17) is 11.6 Å². The lowest BCUT2D eigenvalue weighted by atomic mass is 10.1. The summed E-state index contributed by atoms with van der Waals surface area (Å²) < 4.78 is 13.4. The van der Waals surface area contributed by atoms with Crippen LogP contribution in [0.1, 0.15) is 17.3 Å². The minimum atomic E-state index is -0.524. The molecule has 0 unspecified atom stereocenters. The lowest BCUT2D eigenvalue weighted by Gasteiger charge is -2.35. The molecule has 0 saturated carbocycles. The van der Waals surface area contributed by atoms with Crippen LogP contribution in [0, 0.1) is 5.82 Å². The molecule has 1 saturated heterocycles. The molecule has 3 aromatic rings. The fraction of sp³-hybridized carbons (Fsp3) is 0.273. The Labute approximate surface area is 174 Å². The summed E-state index contributed by atoms with van der Waals surface area (Å²) in [5.41, 5.74) is 0.905. The number of fused-ring (bicyclic) bond motifs is 1. The zero-order valence-electron chi connectivity index (χ0n) is 16.2. The highest BCUT2D eigenvalue weighted by Crippen LogP contribution is 2.29. The molecule has 5 nitrogen and oxygen atoms in total. The number of halogens is 2. The maximum absolute atomic E-state index is 13.4. The molecule has 2 aromatic carbocycles. The van der Waals surface area contributed by atoms with Crippen molar-refractivity contribution in [2.75, 3.05) is 42.9 Å². The maximum atomic E-state index is 13.4. The molecule has 1 aliphatic heterocycles. The normalized spacial score (nSPS) is 14.9. The van der Waals surface area contributed by atoms with E-state index in [-0.39, 0.29) is 10.9 Å². The summed E-state index contributed by atoms with van der Waals surface area (Å²) in [5.74, 6) is 0.0702. The number of pyridine rings is 1. The Morgan fingerprint density at radius 3 is 2.55 bits per heavy atom. The highest BCUT2D eigenvalue weighted by Gasteiger charge is 2.21. The SMILES string of the molecule is CCN1CCN(c2ncc(C(=O)Nc3ccc(F)c(Cl)c3)c3ccccc23)CC1. The predicted octanol–water partition coefficient (Wildman–Crippen LogP) is 4.42. The van der Waals surface area contributed by atoms with E-state index in [1.165, 1.54) is 18.2 Å². The lowest BCUT2D eigenvalue weighted by Crippen LogP contribution is -2.46. The molecule has 0 radical (unpaired) electrons. The highest BCUT2D eigenvalue weighted by atomic mass is 35.5. The second-order valence-corrected chi connectivity index (χ2v) is 7.45. The number of benzene rings is 2. The van der Waals surface area contributed by atoms with Crippen molar-refractivity contribution in [1.29, 1.82) is 0 Å². The monoisotopic (exact) mass is 412 g/mol. The van der Waals surface area contributed by atoms with E-state index in [2.05, 4.69) is 27.0 Å². The van der Waals surface area contributed by atoms with Crippen molar-refractivity contribution in [2.45, 2.75) is 6.92 Å². The van der Waals surface area contributed by atoms with Crippen molar-refractivity contribution in [3.8, 4) is 0 Å². The first-order chi connectivity index (χ1) is 14.1. The van der Waals surface area contributed by atoms with Crippen molar-refractivity contribution in [3.63, 3.8) is 0 Å². The number of carbonyl (C=O) groups is 1. The summed E-state index contributed by atoms with van der Waals surface area (Å²) in [6.45, 7) is 7.04. The molecular weight excluding hydrogens is 391 g/mol. The summed E-state index contributed by atoms with van der Waals surface area (Å²) in [7, 11) is 0. The molecule has 7 heteroatoms. The lowest BCUT2D eigenvalue weighted by molar-refractivity contribution is 0.102. The Morgan fingerprint density at radius 1 is 1.14 bits per heavy atom. The fourth-order valence-corrected chi connectivity index (χ4v) is 3.84. The number of nitrogens with zero attached hydrogens (tertiary/aromatic N) is 3. The third-order valence-corrected chi connectivity index (χ3v) is 5.60. The van der Waals surface area contributed by atoms with Gasteiger partial charge >= 0.3 is 0 Å². The van der Waals surface area contributed by atoms with E-state index in [1.807, 2.05) is 24.3 Å². The van der Waals surface area contributed by atoms with Gasteiger partial charge in [0.2, 0.25) is 0 Å². The number of likely N-dealkylation sites (N-methyl/N-ethyl adjacent to an activating group) is 1. The zero-order valence-corrected chi connectivity index (χ0v) is 16.9. The van der Waals surface area contributed by atoms with Gasteiger partial charge in [-0.3, -0.25) is 4.79 Å². The Hall–Kier alpha value is -2.70. The summed E-state index contributed by atoms with van der Waals surface area (Å²) >= 11 is 5.82. The molecule has 0 spiro atoms. The third-order valence-electron chi connectivity index (χ3n) is 5.32. The molecular formula is C22H22ClFN4O. The van der Waals surface area contributed by atoms with Crippen LogP contribution in [0.3, 0.4) is 0 Å². The van der Waals surface area contributed by atoms with E-state index in [0.29, 0.717) is 11.3 Å². The first-order valence-corrected chi connectivity index (χ1v) is 10.1. The quantitative estimate of drug-likeness (QED) is 0.689. The Balaban J connectivity index is 1.64. The highest BCUT2D eigenvalue weighted by molar-refractivity contribution is 6.31. The van der Waals surface area contributed by atoms with Crippen LogP contribution in [0.4, 0.5) is 15.9 Å². The predicted molar refractivity (Wildman–Crippen MR) is 115 cm³/mol. The van der Waals surface area contributed by atoms with Gasteiger partial charge in [-0.05, 0) is 30.1 Å². The van der Waals surface area contributed by atoms with Crippen LogP contribution in [-0.2, 0) is 0 Å². The van der Waals surface area contributed by atoms with Gasteiger partial charge in [-0.15, -0.1) is 0 Å². The first-order valence-electron chi connectivity index (χ1n) is 9.68. The minimum absolute atomic E-state index is 0.0349. The molecule has 1 fully saturated rings. The van der Waals surface area contributed by atoms with Crippen LogP contribution in [0.2, 0.25) is 5.02 Å². The minimum Gasteiger partial charge on any atom is -0.354 e. The molecule has 1 N–H and O–H groups in total. The number of amides is 1. The topological polar surface area (TPSA) is 48.5 Å². The Morgan fingerprint density at radius 2 is 1.86 bits per heavy atom. The van der Waals surface area contributed by atoms with Crippen molar-refractivity contribution < 1.29 is 9.18 Å². The van der Waals surface area contributed by atoms with Gasteiger partial charge in [0.1, 0.15) is 11.6 Å². The summed E-state index contributed by atoms with van der Waals surface area (Å²) in [5, 5.41) is 4.53. The van der Waals surface area contributed by atoms with Crippen LogP contribution in [0.25, 0.3) is 10.8 Å². The van der Waals surface area contributed by atoms with Crippen LogP contribution >= 0.6 is 11.6 Å². The summed E-state index contributed by atoms with van der Waals surface area (Å²) in [6.07, 6.45) is 1.62. The number of aromatic nitrogens is 1. The molecule has 29 heavy (non-hydrogen) atoms. The average molecular weight is 413 g/mol. The van der Waals surface area contributed by atoms with Gasteiger partial charge in [-0.25, -0.2) is 9.37 Å². The average Bonchev–Trinajstić information content (AvgIpc) is 2.75. The molecule has 0 aliphatic carbocycles. The van der Waals surface area contributed by atoms with Gasteiger partial charge in [-0.2, -0.15) is 0 Å². The molecule has 1 aromatic heterocycles. The number of anilines is 2. The number of hydrogen-bond acceptors (Lipinski definition) is 4. The molecule has 2 heterocycles. The number of rotatable bonds is 4. The number of nitrogens with one attached hydrogen (secondary N) is 1. The summed E-state index contributed by atoms with van der Waals surface area (Å²) in [6, 6.07) is 11.9. The molecule has 1 amide bonds. The van der Waals surface area contributed by atoms with Crippen LogP contribution in [0.15, 0.2) is 48.7 Å². The number of piperazine rings is 1. The van der Waals surface area contributed by atoms with Crippen molar-refractivity contribution in [1.82, 2.24) is 9.88 Å². The molecule has 0 bridgehead atoms. The van der Waals surface area contributed by atoms with E-state index in [9.17, 15) is 9.18 Å². The van der Waals surface area contributed by atoms with E-state index < -0.39 is 5.82 Å². The van der Waals surface area contributed by atoms with E-state index in [0.717, 1.165) is 49.3 Å². The van der Waals surface area contributed by atoms with Gasteiger partial charge in [0.05, 0.1) is 10.6 Å². The van der Waals surface area contributed by atoms with Crippen molar-refractivity contribution in [3.05, 3.63) is 65.1 Å². The zero-order chi connectivity index (χ0) is 20.4. The summed E-state index contributed by atoms with van der Waals surface area (Å²) in [4.78, 5) is 22.2.